The molecule has 3 rings (SSSR count). The number of hydrogen-bond donors (Lipinski definition) is 1. The summed E-state index contributed by atoms with van der Waals surface area (Å²) in [7, 11) is 0. The predicted octanol–water partition coefficient (Wildman–Crippen LogP) is 3.56. The van der Waals surface area contributed by atoms with E-state index < -0.39 is 0 Å². The number of fused-ring (bicyclic) bond motifs is 1. The summed E-state index contributed by atoms with van der Waals surface area (Å²) in [6.45, 7) is 6.44. The normalized spacial score (nSPS) is 23.9. The molecule has 1 N–H and O–H groups in total. The summed E-state index contributed by atoms with van der Waals surface area (Å²) in [4.78, 5) is 4.78. The minimum absolute atomic E-state index is 0.0971. The van der Waals surface area contributed by atoms with Crippen molar-refractivity contribution in [2.24, 2.45) is 0 Å². The number of hydrogen-bond acceptors (Lipinski definition) is 3. The van der Waals surface area contributed by atoms with Gasteiger partial charge in [0.25, 0.3) is 0 Å². The van der Waals surface area contributed by atoms with E-state index in [9.17, 15) is 0 Å². The van der Waals surface area contributed by atoms with Crippen LogP contribution in [0.25, 0.3) is 11.1 Å². The molecule has 0 amide bonds. The number of piperidine rings is 1. The number of benzene rings is 1. The van der Waals surface area contributed by atoms with Gasteiger partial charge in [-0.25, -0.2) is 4.98 Å². The zero-order chi connectivity index (χ0) is 13.3. The highest BCUT2D eigenvalue weighted by Gasteiger charge is 2.37. The zero-order valence-electron chi connectivity index (χ0n) is 11.8. The zero-order valence-corrected chi connectivity index (χ0v) is 11.8. The fraction of sp³-hybridized carbons (Fsp3) is 0.562. The molecule has 1 unspecified atom stereocenters. The van der Waals surface area contributed by atoms with Crippen molar-refractivity contribution in [1.29, 1.82) is 0 Å². The summed E-state index contributed by atoms with van der Waals surface area (Å²) >= 11 is 0. The molecule has 2 heterocycles. The molecule has 0 saturated carbocycles. The van der Waals surface area contributed by atoms with E-state index in [2.05, 4.69) is 31.3 Å². The Morgan fingerprint density at radius 2 is 2.32 bits per heavy atom. The standard InChI is InChI=1S/C16H22N2O/c1-3-7-16(8-4-9-17-11-16)15-18-13-10-12(2)5-6-14(13)19-15/h5-6,10,17H,3-4,7-9,11H2,1-2H3. The molecule has 1 saturated heterocycles. The Morgan fingerprint density at radius 1 is 1.42 bits per heavy atom. The lowest BCUT2D eigenvalue weighted by atomic mass is 9.77. The molecule has 1 aromatic carbocycles. The molecule has 1 atom stereocenters. The Balaban J connectivity index is 2.04. The smallest absolute Gasteiger partial charge is 0.202 e. The average molecular weight is 258 g/mol. The first-order valence-corrected chi connectivity index (χ1v) is 7.32. The SMILES string of the molecule is CCCC1(c2nc3cc(C)ccc3o2)CCCNC1. The Kier molecular flexibility index (Phi) is 3.31. The molecule has 19 heavy (non-hydrogen) atoms. The maximum Gasteiger partial charge on any atom is 0.202 e. The number of aryl methyl sites for hydroxylation is 1. The molecular weight excluding hydrogens is 236 g/mol. The van der Waals surface area contributed by atoms with Crippen LogP contribution in [0.1, 0.15) is 44.1 Å². The molecule has 1 fully saturated rings. The van der Waals surface area contributed by atoms with Gasteiger partial charge in [-0.3, -0.25) is 0 Å². The highest BCUT2D eigenvalue weighted by Crippen LogP contribution is 2.36. The van der Waals surface area contributed by atoms with Gasteiger partial charge in [0, 0.05) is 6.54 Å². The molecule has 0 aliphatic carbocycles. The third-order valence-electron chi connectivity index (χ3n) is 4.20. The quantitative estimate of drug-likeness (QED) is 0.914. The van der Waals surface area contributed by atoms with E-state index in [1.807, 2.05) is 6.07 Å². The van der Waals surface area contributed by atoms with Gasteiger partial charge in [0.15, 0.2) is 5.58 Å². The second kappa shape index (κ2) is 4.97. The Morgan fingerprint density at radius 3 is 3.05 bits per heavy atom. The highest BCUT2D eigenvalue weighted by atomic mass is 16.3. The molecule has 102 valence electrons. The van der Waals surface area contributed by atoms with Crippen molar-refractivity contribution in [3.8, 4) is 0 Å². The fourth-order valence-electron chi connectivity index (χ4n) is 3.21. The van der Waals surface area contributed by atoms with Crippen molar-refractivity contribution >= 4 is 11.1 Å². The van der Waals surface area contributed by atoms with Crippen LogP contribution in [-0.2, 0) is 5.41 Å². The number of nitrogens with zero attached hydrogens (tertiary/aromatic N) is 1. The van der Waals surface area contributed by atoms with Crippen molar-refractivity contribution in [3.05, 3.63) is 29.7 Å². The van der Waals surface area contributed by atoms with Crippen LogP contribution in [0.3, 0.4) is 0 Å². The molecule has 2 aromatic rings. The molecule has 3 heteroatoms. The van der Waals surface area contributed by atoms with E-state index in [0.29, 0.717) is 0 Å². The first-order valence-electron chi connectivity index (χ1n) is 7.32. The Hall–Kier alpha value is -1.35. The van der Waals surface area contributed by atoms with Crippen LogP contribution in [-0.4, -0.2) is 18.1 Å². The molecule has 1 aliphatic rings. The molecule has 1 aromatic heterocycles. The van der Waals surface area contributed by atoms with Gasteiger partial charge < -0.3 is 9.73 Å². The number of aromatic nitrogens is 1. The topological polar surface area (TPSA) is 38.1 Å². The van der Waals surface area contributed by atoms with E-state index in [0.717, 1.165) is 36.5 Å². The summed E-state index contributed by atoms with van der Waals surface area (Å²) < 4.78 is 6.07. The van der Waals surface area contributed by atoms with Crippen LogP contribution < -0.4 is 5.32 Å². The molecule has 0 bridgehead atoms. The summed E-state index contributed by atoms with van der Waals surface area (Å²) in [6.07, 6.45) is 4.70. The van der Waals surface area contributed by atoms with Crippen LogP contribution in [0.4, 0.5) is 0 Å². The lowest BCUT2D eigenvalue weighted by Crippen LogP contribution is -2.43. The predicted molar refractivity (Wildman–Crippen MR) is 77.4 cm³/mol. The van der Waals surface area contributed by atoms with Crippen molar-refractivity contribution < 1.29 is 4.42 Å². The van der Waals surface area contributed by atoms with Gasteiger partial charge in [-0.2, -0.15) is 0 Å². The van der Waals surface area contributed by atoms with Gasteiger partial charge in [0.1, 0.15) is 5.52 Å². The summed E-state index contributed by atoms with van der Waals surface area (Å²) in [5.41, 5.74) is 3.25. The third-order valence-corrected chi connectivity index (χ3v) is 4.20. The Bertz CT molecular complexity index is 562. The second-order valence-electron chi connectivity index (χ2n) is 5.80. The van der Waals surface area contributed by atoms with Gasteiger partial charge in [0.05, 0.1) is 5.41 Å². The summed E-state index contributed by atoms with van der Waals surface area (Å²) in [6, 6.07) is 6.23. The van der Waals surface area contributed by atoms with E-state index in [-0.39, 0.29) is 5.41 Å². The molecule has 0 radical (unpaired) electrons. The second-order valence-corrected chi connectivity index (χ2v) is 5.80. The van der Waals surface area contributed by atoms with Crippen molar-refractivity contribution in [3.63, 3.8) is 0 Å². The van der Waals surface area contributed by atoms with Crippen molar-refractivity contribution in [2.75, 3.05) is 13.1 Å². The van der Waals surface area contributed by atoms with Crippen LogP contribution in [0, 0.1) is 6.92 Å². The average Bonchev–Trinajstić information content (AvgIpc) is 2.83. The molecule has 3 nitrogen and oxygen atoms in total. The van der Waals surface area contributed by atoms with E-state index >= 15 is 0 Å². The third kappa shape index (κ3) is 2.27. The van der Waals surface area contributed by atoms with E-state index in [1.165, 1.54) is 24.8 Å². The van der Waals surface area contributed by atoms with Gasteiger partial charge in [-0.1, -0.05) is 19.4 Å². The first kappa shape index (κ1) is 12.7. The maximum atomic E-state index is 6.07. The van der Waals surface area contributed by atoms with Crippen LogP contribution in [0.2, 0.25) is 0 Å². The van der Waals surface area contributed by atoms with Gasteiger partial charge in [-0.05, 0) is 50.4 Å². The number of nitrogens with one attached hydrogen (secondary N) is 1. The molecule has 1 aliphatic heterocycles. The Labute approximate surface area is 114 Å². The van der Waals surface area contributed by atoms with E-state index in [4.69, 9.17) is 9.40 Å². The van der Waals surface area contributed by atoms with Crippen LogP contribution in [0.15, 0.2) is 22.6 Å². The lowest BCUT2D eigenvalue weighted by Gasteiger charge is -2.34. The molecular formula is C16H22N2O. The summed E-state index contributed by atoms with van der Waals surface area (Å²) in [5, 5.41) is 3.51. The summed E-state index contributed by atoms with van der Waals surface area (Å²) in [5.74, 6) is 0.933. The number of oxazole rings is 1. The van der Waals surface area contributed by atoms with Gasteiger partial charge >= 0.3 is 0 Å². The van der Waals surface area contributed by atoms with Crippen LogP contribution >= 0.6 is 0 Å². The van der Waals surface area contributed by atoms with Crippen molar-refractivity contribution in [1.82, 2.24) is 10.3 Å². The van der Waals surface area contributed by atoms with Crippen molar-refractivity contribution in [2.45, 2.75) is 44.9 Å². The van der Waals surface area contributed by atoms with Gasteiger partial charge in [0.2, 0.25) is 5.89 Å². The maximum absolute atomic E-state index is 6.07. The number of rotatable bonds is 3. The molecule has 0 spiro atoms. The highest BCUT2D eigenvalue weighted by molar-refractivity contribution is 5.73. The fourth-order valence-corrected chi connectivity index (χ4v) is 3.21. The lowest BCUT2D eigenvalue weighted by molar-refractivity contribution is 0.239. The minimum Gasteiger partial charge on any atom is -0.440 e. The largest absolute Gasteiger partial charge is 0.440 e. The minimum atomic E-state index is 0.0971. The first-order chi connectivity index (χ1) is 9.23. The van der Waals surface area contributed by atoms with E-state index in [1.54, 1.807) is 0 Å². The monoisotopic (exact) mass is 258 g/mol. The van der Waals surface area contributed by atoms with Crippen LogP contribution in [0.5, 0.6) is 0 Å². The van der Waals surface area contributed by atoms with Gasteiger partial charge in [-0.15, -0.1) is 0 Å².